The number of alkyl halides is 3. The summed E-state index contributed by atoms with van der Waals surface area (Å²) in [6.07, 6.45) is -4.61. The molecular weight excluding hydrogens is 350 g/mol. The van der Waals surface area contributed by atoms with Gasteiger partial charge in [-0.15, -0.1) is 0 Å². The third kappa shape index (κ3) is 3.43. The molecule has 1 N–H and O–H groups in total. The van der Waals surface area contributed by atoms with Crippen molar-refractivity contribution >= 4 is 34.8 Å². The zero-order chi connectivity index (χ0) is 15.8. The number of rotatable bonds is 2. The van der Waals surface area contributed by atoms with Gasteiger partial charge in [0.2, 0.25) is 0 Å². The van der Waals surface area contributed by atoms with E-state index < -0.39 is 18.5 Å². The van der Waals surface area contributed by atoms with Crippen LogP contribution in [0.5, 0.6) is 0 Å². The van der Waals surface area contributed by atoms with E-state index in [1.165, 1.54) is 12.1 Å². The smallest absolute Gasteiger partial charge is 0.392 e. The molecule has 0 saturated heterocycles. The van der Waals surface area contributed by atoms with Crippen LogP contribution in [0.15, 0.2) is 24.3 Å². The van der Waals surface area contributed by atoms with E-state index >= 15 is 0 Å². The van der Waals surface area contributed by atoms with Crippen molar-refractivity contribution in [3.63, 3.8) is 0 Å². The minimum Gasteiger partial charge on any atom is -0.392 e. The molecule has 112 valence electrons. The quantitative estimate of drug-likeness (QED) is 0.748. The van der Waals surface area contributed by atoms with Gasteiger partial charge in [-0.3, -0.25) is 0 Å². The second-order valence-electron chi connectivity index (χ2n) is 4.11. The molecule has 0 spiro atoms. The van der Waals surface area contributed by atoms with Gasteiger partial charge in [0.05, 0.1) is 27.4 Å². The normalized spacial score (nSPS) is 11.8. The fraction of sp³-hybridized carbons (Fsp3) is 0.154. The van der Waals surface area contributed by atoms with Crippen LogP contribution in [0.3, 0.4) is 0 Å². The molecule has 0 aliphatic carbocycles. The van der Waals surface area contributed by atoms with Crippen LogP contribution in [-0.4, -0.2) is 10.1 Å². The van der Waals surface area contributed by atoms with Gasteiger partial charge in [-0.05, 0) is 18.2 Å². The number of nitrogens with zero attached hydrogens (tertiary/aromatic N) is 1. The molecule has 1 aromatic heterocycles. The number of pyridine rings is 1. The first-order valence-electron chi connectivity index (χ1n) is 5.57. The van der Waals surface area contributed by atoms with Crippen molar-refractivity contribution in [3.05, 3.63) is 50.6 Å². The van der Waals surface area contributed by atoms with Crippen molar-refractivity contribution in [3.8, 4) is 11.3 Å². The van der Waals surface area contributed by atoms with E-state index in [1.54, 1.807) is 0 Å². The van der Waals surface area contributed by atoms with Crippen molar-refractivity contribution < 1.29 is 18.3 Å². The topological polar surface area (TPSA) is 33.1 Å². The maximum absolute atomic E-state index is 12.8. The SMILES string of the molecule is OCc1ccc(C(F)(F)F)nc1-c1cc(Cl)c(Cl)cc1Cl. The summed E-state index contributed by atoms with van der Waals surface area (Å²) in [6, 6.07) is 4.56. The first-order chi connectivity index (χ1) is 9.74. The van der Waals surface area contributed by atoms with Crippen molar-refractivity contribution in [2.24, 2.45) is 0 Å². The summed E-state index contributed by atoms with van der Waals surface area (Å²) in [5, 5.41) is 9.65. The summed E-state index contributed by atoms with van der Waals surface area (Å²) in [7, 11) is 0. The van der Waals surface area contributed by atoms with E-state index in [4.69, 9.17) is 34.8 Å². The molecule has 0 aliphatic rings. The molecule has 2 nitrogen and oxygen atoms in total. The Kier molecular flexibility index (Phi) is 4.68. The minimum absolute atomic E-state index is 0.0871. The Bertz CT molecular complexity index is 689. The van der Waals surface area contributed by atoms with Gasteiger partial charge in [0, 0.05) is 11.1 Å². The van der Waals surface area contributed by atoms with Crippen molar-refractivity contribution in [2.75, 3.05) is 0 Å². The Balaban J connectivity index is 2.70. The number of benzene rings is 1. The van der Waals surface area contributed by atoms with Gasteiger partial charge in [-0.1, -0.05) is 40.9 Å². The number of hydrogen-bond donors (Lipinski definition) is 1. The second-order valence-corrected chi connectivity index (χ2v) is 5.33. The Morgan fingerprint density at radius 2 is 1.62 bits per heavy atom. The third-order valence-corrected chi connectivity index (χ3v) is 3.74. The van der Waals surface area contributed by atoms with Crippen LogP contribution in [0.25, 0.3) is 11.3 Å². The Labute approximate surface area is 133 Å². The Morgan fingerprint density at radius 1 is 1.00 bits per heavy atom. The van der Waals surface area contributed by atoms with Crippen LogP contribution in [0, 0.1) is 0 Å². The zero-order valence-corrected chi connectivity index (χ0v) is 12.4. The van der Waals surface area contributed by atoms with E-state index in [2.05, 4.69) is 4.98 Å². The average molecular weight is 357 g/mol. The molecule has 0 fully saturated rings. The van der Waals surface area contributed by atoms with Gasteiger partial charge in [0.1, 0.15) is 5.69 Å². The molecule has 0 amide bonds. The highest BCUT2D eigenvalue weighted by Crippen LogP contribution is 2.37. The van der Waals surface area contributed by atoms with Crippen LogP contribution in [0.1, 0.15) is 11.3 Å². The number of halogens is 6. The van der Waals surface area contributed by atoms with Gasteiger partial charge >= 0.3 is 6.18 Å². The molecule has 0 bridgehead atoms. The van der Waals surface area contributed by atoms with E-state index in [-0.39, 0.29) is 31.9 Å². The van der Waals surface area contributed by atoms with Gasteiger partial charge in [0.15, 0.2) is 0 Å². The Hall–Kier alpha value is -1.01. The zero-order valence-electron chi connectivity index (χ0n) is 10.2. The van der Waals surface area contributed by atoms with E-state index in [0.29, 0.717) is 0 Å². The highest BCUT2D eigenvalue weighted by Gasteiger charge is 2.33. The van der Waals surface area contributed by atoms with Gasteiger partial charge in [0.25, 0.3) is 0 Å². The van der Waals surface area contributed by atoms with Crippen LogP contribution in [0.4, 0.5) is 13.2 Å². The number of hydrogen-bond acceptors (Lipinski definition) is 2. The maximum atomic E-state index is 12.8. The predicted octanol–water partition coefficient (Wildman–Crippen LogP) is 5.22. The fourth-order valence-corrected chi connectivity index (χ4v) is 2.35. The molecule has 21 heavy (non-hydrogen) atoms. The van der Waals surface area contributed by atoms with Gasteiger partial charge in [-0.25, -0.2) is 4.98 Å². The highest BCUT2D eigenvalue weighted by atomic mass is 35.5. The molecule has 0 radical (unpaired) electrons. The summed E-state index contributed by atoms with van der Waals surface area (Å²) < 4.78 is 38.3. The van der Waals surface area contributed by atoms with Crippen molar-refractivity contribution in [1.82, 2.24) is 4.98 Å². The number of aromatic nitrogens is 1. The monoisotopic (exact) mass is 355 g/mol. The fourth-order valence-electron chi connectivity index (χ4n) is 1.71. The van der Waals surface area contributed by atoms with Gasteiger partial charge in [-0.2, -0.15) is 13.2 Å². The molecule has 2 aromatic rings. The first kappa shape index (κ1) is 16.4. The Morgan fingerprint density at radius 3 is 2.19 bits per heavy atom. The maximum Gasteiger partial charge on any atom is 0.433 e. The molecule has 1 aromatic carbocycles. The molecule has 8 heteroatoms. The average Bonchev–Trinajstić information content (AvgIpc) is 2.41. The predicted molar refractivity (Wildman–Crippen MR) is 75.6 cm³/mol. The lowest BCUT2D eigenvalue weighted by molar-refractivity contribution is -0.141. The van der Waals surface area contributed by atoms with Crippen LogP contribution in [0.2, 0.25) is 15.1 Å². The molecule has 1 heterocycles. The summed E-state index contributed by atoms with van der Waals surface area (Å²) in [6.45, 7) is -0.489. The summed E-state index contributed by atoms with van der Waals surface area (Å²) in [4.78, 5) is 3.55. The molecule has 0 unspecified atom stereocenters. The van der Waals surface area contributed by atoms with Crippen LogP contribution < -0.4 is 0 Å². The van der Waals surface area contributed by atoms with E-state index in [0.717, 1.165) is 12.1 Å². The lowest BCUT2D eigenvalue weighted by atomic mass is 10.1. The lowest BCUT2D eigenvalue weighted by Gasteiger charge is -2.13. The first-order valence-corrected chi connectivity index (χ1v) is 6.70. The standard InChI is InChI=1S/C13H7Cl3F3NO/c14-8-4-10(16)9(15)3-7(8)12-6(5-21)1-2-11(20-12)13(17,18)19/h1-4,21H,5H2. The van der Waals surface area contributed by atoms with Crippen molar-refractivity contribution in [1.29, 1.82) is 0 Å². The molecule has 2 rings (SSSR count). The number of aliphatic hydroxyl groups excluding tert-OH is 1. The van der Waals surface area contributed by atoms with Crippen molar-refractivity contribution in [2.45, 2.75) is 12.8 Å². The molecule has 0 saturated carbocycles. The summed E-state index contributed by atoms with van der Waals surface area (Å²) in [5.74, 6) is 0. The van der Waals surface area contributed by atoms with Crippen LogP contribution in [-0.2, 0) is 12.8 Å². The summed E-state index contributed by atoms with van der Waals surface area (Å²) >= 11 is 17.6. The highest BCUT2D eigenvalue weighted by molar-refractivity contribution is 6.44. The summed E-state index contributed by atoms with van der Waals surface area (Å²) in [5.41, 5.74) is -0.808. The molecular formula is C13H7Cl3F3NO. The van der Waals surface area contributed by atoms with Gasteiger partial charge < -0.3 is 5.11 Å². The largest absolute Gasteiger partial charge is 0.433 e. The number of aliphatic hydroxyl groups is 1. The minimum atomic E-state index is -4.61. The second kappa shape index (κ2) is 6.01. The van der Waals surface area contributed by atoms with Crippen LogP contribution >= 0.6 is 34.8 Å². The molecule has 0 aliphatic heterocycles. The third-order valence-electron chi connectivity index (χ3n) is 2.70. The molecule has 0 atom stereocenters. The van der Waals surface area contributed by atoms with E-state index in [1.807, 2.05) is 0 Å². The van der Waals surface area contributed by atoms with E-state index in [9.17, 15) is 18.3 Å². The lowest BCUT2D eigenvalue weighted by Crippen LogP contribution is -2.09.